The number of anilines is 1. The molecule has 2 aliphatic rings. The van der Waals surface area contributed by atoms with Gasteiger partial charge in [0.15, 0.2) is 0 Å². The fourth-order valence-electron chi connectivity index (χ4n) is 4.03. The lowest BCUT2D eigenvalue weighted by Crippen LogP contribution is -2.25. The molecule has 3 aromatic rings. The molecule has 0 unspecified atom stereocenters. The fourth-order valence-corrected chi connectivity index (χ4v) is 4.03. The van der Waals surface area contributed by atoms with Crippen molar-refractivity contribution in [2.75, 3.05) is 12.4 Å². The summed E-state index contributed by atoms with van der Waals surface area (Å²) in [5.74, 6) is 1.88. The normalized spacial score (nSPS) is 15.4. The molecule has 8 heteroatoms. The van der Waals surface area contributed by atoms with Crippen LogP contribution in [0.25, 0.3) is 5.95 Å². The minimum Gasteiger partial charge on any atom is -0.497 e. The van der Waals surface area contributed by atoms with Crippen LogP contribution in [-0.2, 0) is 24.1 Å². The highest BCUT2D eigenvalue weighted by molar-refractivity contribution is 5.91. The van der Waals surface area contributed by atoms with Crippen LogP contribution in [0.3, 0.4) is 0 Å². The molecule has 31 heavy (non-hydrogen) atoms. The van der Waals surface area contributed by atoms with Gasteiger partial charge in [-0.1, -0.05) is 12.1 Å². The van der Waals surface area contributed by atoms with E-state index in [-0.39, 0.29) is 17.9 Å². The molecule has 160 valence electrons. The Kier molecular flexibility index (Phi) is 5.05. The molecule has 2 heterocycles. The predicted molar refractivity (Wildman–Crippen MR) is 116 cm³/mol. The van der Waals surface area contributed by atoms with E-state index in [1.807, 2.05) is 30.3 Å². The molecule has 0 saturated heterocycles. The van der Waals surface area contributed by atoms with Gasteiger partial charge in [0.05, 0.1) is 24.9 Å². The number of ether oxygens (including phenoxy) is 1. The van der Waals surface area contributed by atoms with Gasteiger partial charge >= 0.3 is 0 Å². The number of aromatic amines is 1. The second kappa shape index (κ2) is 8.02. The number of carbonyl (C=O) groups is 1. The molecule has 0 atom stereocenters. The van der Waals surface area contributed by atoms with Crippen molar-refractivity contribution < 1.29 is 9.53 Å². The van der Waals surface area contributed by atoms with Crippen molar-refractivity contribution in [3.8, 4) is 11.7 Å². The third-order valence-electron chi connectivity index (χ3n) is 5.89. The van der Waals surface area contributed by atoms with Crippen molar-refractivity contribution in [2.45, 2.75) is 50.9 Å². The Bertz CT molecular complexity index is 1170. The summed E-state index contributed by atoms with van der Waals surface area (Å²) in [4.78, 5) is 32.9. The van der Waals surface area contributed by atoms with E-state index in [0.29, 0.717) is 17.7 Å². The number of hydrogen-bond donors (Lipinski definition) is 2. The van der Waals surface area contributed by atoms with Crippen molar-refractivity contribution >= 4 is 11.7 Å². The maximum absolute atomic E-state index is 12.7. The molecule has 2 aliphatic carbocycles. The molecular weight excluding hydrogens is 394 g/mol. The summed E-state index contributed by atoms with van der Waals surface area (Å²) < 4.78 is 6.73. The number of nitrogens with one attached hydrogen (secondary N) is 2. The van der Waals surface area contributed by atoms with Crippen LogP contribution in [0.1, 0.15) is 54.1 Å². The van der Waals surface area contributed by atoms with Crippen LogP contribution in [0.4, 0.5) is 5.82 Å². The van der Waals surface area contributed by atoms with E-state index in [2.05, 4.69) is 20.4 Å². The first-order valence-electron chi connectivity index (χ1n) is 10.8. The molecule has 1 fully saturated rings. The summed E-state index contributed by atoms with van der Waals surface area (Å²) >= 11 is 0. The Morgan fingerprint density at radius 1 is 1.23 bits per heavy atom. The van der Waals surface area contributed by atoms with Gasteiger partial charge in [-0.3, -0.25) is 14.6 Å². The lowest BCUT2D eigenvalue weighted by molar-refractivity contribution is -0.115. The zero-order chi connectivity index (χ0) is 21.4. The van der Waals surface area contributed by atoms with Crippen molar-refractivity contribution in [2.24, 2.45) is 0 Å². The van der Waals surface area contributed by atoms with E-state index >= 15 is 0 Å². The van der Waals surface area contributed by atoms with E-state index in [0.717, 1.165) is 66.8 Å². The van der Waals surface area contributed by atoms with E-state index in [1.165, 1.54) is 0 Å². The van der Waals surface area contributed by atoms with Gasteiger partial charge in [-0.15, -0.1) is 0 Å². The highest BCUT2D eigenvalue weighted by Crippen LogP contribution is 2.40. The summed E-state index contributed by atoms with van der Waals surface area (Å²) in [7, 11) is 1.61. The number of rotatable bonds is 6. The zero-order valence-corrected chi connectivity index (χ0v) is 17.5. The second-order valence-corrected chi connectivity index (χ2v) is 8.24. The maximum Gasteiger partial charge on any atom is 0.255 e. The maximum atomic E-state index is 12.7. The second-order valence-electron chi connectivity index (χ2n) is 8.24. The van der Waals surface area contributed by atoms with Crippen molar-refractivity contribution in [1.82, 2.24) is 19.7 Å². The Morgan fingerprint density at radius 2 is 2.00 bits per heavy atom. The van der Waals surface area contributed by atoms with Gasteiger partial charge in [0.2, 0.25) is 11.9 Å². The average molecular weight is 419 g/mol. The largest absolute Gasteiger partial charge is 0.497 e. The molecule has 8 nitrogen and oxygen atoms in total. The lowest BCUT2D eigenvalue weighted by atomic mass is 9.97. The van der Waals surface area contributed by atoms with Crippen LogP contribution >= 0.6 is 0 Å². The van der Waals surface area contributed by atoms with Gasteiger partial charge in [-0.05, 0) is 56.2 Å². The summed E-state index contributed by atoms with van der Waals surface area (Å²) in [5.41, 5.74) is 3.30. The first-order chi connectivity index (χ1) is 15.1. The number of aryl methyl sites for hydroxylation is 1. The number of nitrogens with zero attached hydrogens (tertiary/aromatic N) is 3. The minimum atomic E-state index is -0.158. The topological polar surface area (TPSA) is 102 Å². The Balaban J connectivity index is 1.43. The van der Waals surface area contributed by atoms with Crippen molar-refractivity contribution in [1.29, 1.82) is 0 Å². The van der Waals surface area contributed by atoms with Gasteiger partial charge < -0.3 is 10.1 Å². The number of H-pyrrole nitrogens is 1. The fraction of sp³-hybridized carbons (Fsp3) is 0.391. The van der Waals surface area contributed by atoms with Gasteiger partial charge in [0.1, 0.15) is 11.6 Å². The van der Waals surface area contributed by atoms with E-state index < -0.39 is 0 Å². The van der Waals surface area contributed by atoms with Crippen LogP contribution in [0, 0.1) is 0 Å². The molecule has 0 bridgehead atoms. The summed E-state index contributed by atoms with van der Waals surface area (Å²) in [6, 6.07) is 9.30. The van der Waals surface area contributed by atoms with Crippen molar-refractivity contribution in [3.05, 3.63) is 63.2 Å². The molecule has 0 spiro atoms. The Morgan fingerprint density at radius 3 is 2.74 bits per heavy atom. The lowest BCUT2D eigenvalue weighted by Gasteiger charge is -2.15. The van der Waals surface area contributed by atoms with E-state index in [9.17, 15) is 9.59 Å². The van der Waals surface area contributed by atoms with Gasteiger partial charge in [0.25, 0.3) is 5.56 Å². The zero-order valence-electron chi connectivity index (χ0n) is 17.5. The highest BCUT2D eigenvalue weighted by atomic mass is 16.5. The molecule has 5 rings (SSSR count). The molecule has 2 N–H and O–H groups in total. The number of benzene rings is 1. The molecule has 1 aromatic carbocycles. The Labute approximate surface area is 179 Å². The van der Waals surface area contributed by atoms with Gasteiger partial charge in [-0.25, -0.2) is 4.98 Å². The van der Waals surface area contributed by atoms with Crippen LogP contribution in [-0.4, -0.2) is 32.8 Å². The molecule has 1 amide bonds. The molecule has 0 aliphatic heterocycles. The first-order valence-corrected chi connectivity index (χ1v) is 10.8. The number of carbonyl (C=O) groups excluding carboxylic acids is 1. The van der Waals surface area contributed by atoms with Gasteiger partial charge in [-0.2, -0.15) is 9.78 Å². The molecule has 2 aromatic heterocycles. The van der Waals surface area contributed by atoms with Crippen LogP contribution in [0.15, 0.2) is 35.1 Å². The smallest absolute Gasteiger partial charge is 0.255 e. The molecule has 1 saturated carbocycles. The third kappa shape index (κ3) is 4.10. The summed E-state index contributed by atoms with van der Waals surface area (Å²) in [5, 5.41) is 7.62. The highest BCUT2D eigenvalue weighted by Gasteiger charge is 2.29. The van der Waals surface area contributed by atoms with Crippen molar-refractivity contribution in [3.63, 3.8) is 0 Å². The first kappa shape index (κ1) is 19.5. The Hall–Kier alpha value is -3.42. The van der Waals surface area contributed by atoms with E-state index in [1.54, 1.807) is 11.8 Å². The number of methoxy groups -OCH3 is 1. The predicted octanol–water partition coefficient (Wildman–Crippen LogP) is 2.90. The molecular formula is C23H25N5O3. The average Bonchev–Trinajstić information content (AvgIpc) is 3.55. The molecule has 0 radical (unpaired) electrons. The summed E-state index contributed by atoms with van der Waals surface area (Å²) in [6.07, 6.45) is 5.99. The third-order valence-corrected chi connectivity index (χ3v) is 5.89. The number of aromatic nitrogens is 4. The van der Waals surface area contributed by atoms with Crippen LogP contribution < -0.4 is 15.6 Å². The van der Waals surface area contributed by atoms with E-state index in [4.69, 9.17) is 4.74 Å². The SMILES string of the molecule is COc1ccc(CC(=O)Nc2cc(C3CC3)nn2-c2nc3c(c(=O)[nH]2)CCCC3)cc1. The minimum absolute atomic E-state index is 0.112. The number of hydrogen-bond acceptors (Lipinski definition) is 5. The van der Waals surface area contributed by atoms with Gasteiger partial charge in [0, 0.05) is 17.5 Å². The number of fused-ring (bicyclic) bond motifs is 1. The number of amides is 1. The monoisotopic (exact) mass is 419 g/mol. The standard InChI is InChI=1S/C23H25N5O3/c1-31-16-10-6-14(7-11-16)12-21(29)25-20-13-19(15-8-9-15)27-28(20)23-24-18-5-3-2-4-17(18)22(30)26-23/h6-7,10-11,13,15H,2-5,8-9,12H2,1H3,(H,25,29)(H,24,26,30). The van der Waals surface area contributed by atoms with Crippen LogP contribution in [0.5, 0.6) is 5.75 Å². The van der Waals surface area contributed by atoms with Crippen LogP contribution in [0.2, 0.25) is 0 Å². The quantitative estimate of drug-likeness (QED) is 0.640. The summed E-state index contributed by atoms with van der Waals surface area (Å²) in [6.45, 7) is 0.